The predicted octanol–water partition coefficient (Wildman–Crippen LogP) is 3.27. The van der Waals surface area contributed by atoms with Crippen molar-refractivity contribution in [2.75, 3.05) is 38.5 Å². The van der Waals surface area contributed by atoms with Gasteiger partial charge in [0, 0.05) is 45.5 Å². The van der Waals surface area contributed by atoms with Crippen LogP contribution in [0.15, 0.2) is 29.3 Å². The maximum Gasteiger partial charge on any atom is 0.321 e. The maximum absolute atomic E-state index is 12.3. The molecule has 0 radical (unpaired) electrons. The van der Waals surface area contributed by atoms with Crippen LogP contribution in [0.3, 0.4) is 0 Å². The van der Waals surface area contributed by atoms with E-state index >= 15 is 0 Å². The van der Waals surface area contributed by atoms with E-state index in [0.29, 0.717) is 12.0 Å². The molecule has 1 aromatic carbocycles. The number of rotatable bonds is 3. The molecular weight excluding hydrogens is 338 g/mol. The first-order chi connectivity index (χ1) is 13.2. The second-order valence-corrected chi connectivity index (χ2v) is 8.25. The number of anilines is 1. The highest BCUT2D eigenvalue weighted by Gasteiger charge is 2.43. The SMILES string of the molecule is CN=C(NCc1cccc(NC(=O)N2CCCC2)c1)N1CCC2(CCC2)C1. The maximum atomic E-state index is 12.3. The number of urea groups is 1. The lowest BCUT2D eigenvalue weighted by Crippen LogP contribution is -2.42. The highest BCUT2D eigenvalue weighted by molar-refractivity contribution is 5.89. The van der Waals surface area contributed by atoms with Crippen LogP contribution in [-0.4, -0.2) is 55.0 Å². The molecule has 146 valence electrons. The van der Waals surface area contributed by atoms with E-state index in [0.717, 1.165) is 56.2 Å². The monoisotopic (exact) mass is 369 g/mol. The van der Waals surface area contributed by atoms with E-state index in [9.17, 15) is 4.79 Å². The van der Waals surface area contributed by atoms with Crippen molar-refractivity contribution in [2.45, 2.75) is 45.1 Å². The number of hydrogen-bond acceptors (Lipinski definition) is 2. The molecule has 0 atom stereocenters. The molecule has 2 saturated heterocycles. The van der Waals surface area contributed by atoms with Gasteiger partial charge in [0.1, 0.15) is 0 Å². The van der Waals surface area contributed by atoms with Crippen molar-refractivity contribution in [3.63, 3.8) is 0 Å². The van der Waals surface area contributed by atoms with Gasteiger partial charge in [0.15, 0.2) is 5.96 Å². The van der Waals surface area contributed by atoms with Crippen molar-refractivity contribution < 1.29 is 4.79 Å². The van der Waals surface area contributed by atoms with E-state index in [1.807, 2.05) is 30.1 Å². The number of hydrogen-bond donors (Lipinski definition) is 2. The van der Waals surface area contributed by atoms with Crippen molar-refractivity contribution in [1.29, 1.82) is 0 Å². The molecule has 1 saturated carbocycles. The third-order valence-corrected chi connectivity index (χ3v) is 6.39. The Morgan fingerprint density at radius 3 is 2.59 bits per heavy atom. The van der Waals surface area contributed by atoms with Crippen molar-refractivity contribution in [3.8, 4) is 0 Å². The number of likely N-dealkylation sites (tertiary alicyclic amines) is 2. The first kappa shape index (κ1) is 18.1. The number of amides is 2. The van der Waals surface area contributed by atoms with Gasteiger partial charge in [0.25, 0.3) is 0 Å². The van der Waals surface area contributed by atoms with Gasteiger partial charge in [-0.1, -0.05) is 18.6 Å². The average Bonchev–Trinajstić information content (AvgIpc) is 3.33. The molecule has 2 N–H and O–H groups in total. The quantitative estimate of drug-likeness (QED) is 0.635. The van der Waals surface area contributed by atoms with Crippen molar-refractivity contribution in [2.24, 2.45) is 10.4 Å². The molecule has 3 aliphatic rings. The van der Waals surface area contributed by atoms with Crippen LogP contribution in [0.2, 0.25) is 0 Å². The molecule has 4 rings (SSSR count). The van der Waals surface area contributed by atoms with E-state index in [1.54, 1.807) is 0 Å². The Morgan fingerprint density at radius 1 is 1.11 bits per heavy atom. The van der Waals surface area contributed by atoms with Crippen LogP contribution in [0, 0.1) is 5.41 Å². The summed E-state index contributed by atoms with van der Waals surface area (Å²) >= 11 is 0. The van der Waals surface area contributed by atoms with Crippen LogP contribution in [0.25, 0.3) is 0 Å². The van der Waals surface area contributed by atoms with E-state index < -0.39 is 0 Å². The summed E-state index contributed by atoms with van der Waals surface area (Å²) < 4.78 is 0. The summed E-state index contributed by atoms with van der Waals surface area (Å²) in [5.74, 6) is 0.991. The number of carbonyl (C=O) groups excluding carboxylic acids is 1. The Hall–Kier alpha value is -2.24. The largest absolute Gasteiger partial charge is 0.352 e. The number of guanidine groups is 1. The molecule has 1 aromatic rings. The molecule has 1 spiro atoms. The average molecular weight is 370 g/mol. The molecule has 3 fully saturated rings. The highest BCUT2D eigenvalue weighted by atomic mass is 16.2. The van der Waals surface area contributed by atoms with Crippen LogP contribution >= 0.6 is 0 Å². The number of nitrogens with one attached hydrogen (secondary N) is 2. The minimum absolute atomic E-state index is 0.0104. The van der Waals surface area contributed by atoms with E-state index in [4.69, 9.17) is 0 Å². The van der Waals surface area contributed by atoms with Gasteiger partial charge < -0.3 is 20.4 Å². The molecule has 1 aliphatic carbocycles. The van der Waals surface area contributed by atoms with Crippen LogP contribution < -0.4 is 10.6 Å². The molecule has 0 bridgehead atoms. The number of benzene rings is 1. The van der Waals surface area contributed by atoms with Gasteiger partial charge in [-0.25, -0.2) is 4.79 Å². The van der Waals surface area contributed by atoms with Gasteiger partial charge in [-0.15, -0.1) is 0 Å². The Balaban J connectivity index is 1.31. The summed E-state index contributed by atoms with van der Waals surface area (Å²) in [6.07, 6.45) is 7.64. The van der Waals surface area contributed by atoms with E-state index in [1.165, 1.54) is 25.7 Å². The summed E-state index contributed by atoms with van der Waals surface area (Å²) in [5.41, 5.74) is 2.57. The number of aliphatic imine (C=N–C) groups is 1. The fraction of sp³-hybridized carbons (Fsp3) is 0.619. The van der Waals surface area contributed by atoms with Gasteiger partial charge in [0.05, 0.1) is 0 Å². The molecule has 2 amide bonds. The summed E-state index contributed by atoms with van der Waals surface area (Å²) in [5, 5.41) is 6.53. The smallest absolute Gasteiger partial charge is 0.321 e. The number of carbonyl (C=O) groups is 1. The molecule has 6 heteroatoms. The zero-order valence-corrected chi connectivity index (χ0v) is 16.3. The van der Waals surface area contributed by atoms with Crippen molar-refractivity contribution in [1.82, 2.24) is 15.1 Å². The minimum atomic E-state index is 0.0104. The highest BCUT2D eigenvalue weighted by Crippen LogP contribution is 2.47. The molecular formula is C21H31N5O. The van der Waals surface area contributed by atoms with Crippen LogP contribution in [0.4, 0.5) is 10.5 Å². The third-order valence-electron chi connectivity index (χ3n) is 6.39. The normalized spacial score (nSPS) is 21.4. The van der Waals surface area contributed by atoms with Gasteiger partial charge in [-0.05, 0) is 55.2 Å². The van der Waals surface area contributed by atoms with Gasteiger partial charge >= 0.3 is 6.03 Å². The molecule has 0 aromatic heterocycles. The second kappa shape index (κ2) is 7.79. The summed E-state index contributed by atoms with van der Waals surface area (Å²) in [7, 11) is 1.86. The van der Waals surface area contributed by atoms with Gasteiger partial charge in [-0.2, -0.15) is 0 Å². The lowest BCUT2D eigenvalue weighted by Gasteiger charge is -2.38. The third kappa shape index (κ3) is 4.04. The zero-order valence-electron chi connectivity index (χ0n) is 16.3. The summed E-state index contributed by atoms with van der Waals surface area (Å²) in [4.78, 5) is 21.1. The van der Waals surface area contributed by atoms with Crippen LogP contribution in [-0.2, 0) is 6.54 Å². The van der Waals surface area contributed by atoms with Crippen molar-refractivity contribution >= 4 is 17.7 Å². The topological polar surface area (TPSA) is 60.0 Å². The second-order valence-electron chi connectivity index (χ2n) is 8.25. The van der Waals surface area contributed by atoms with Crippen LogP contribution in [0.5, 0.6) is 0 Å². The number of nitrogens with zero attached hydrogens (tertiary/aromatic N) is 3. The Kier molecular flexibility index (Phi) is 5.23. The molecule has 27 heavy (non-hydrogen) atoms. The van der Waals surface area contributed by atoms with E-state index in [-0.39, 0.29) is 6.03 Å². The fourth-order valence-corrected chi connectivity index (χ4v) is 4.60. The van der Waals surface area contributed by atoms with Gasteiger partial charge in [0.2, 0.25) is 0 Å². The minimum Gasteiger partial charge on any atom is -0.352 e. The standard InChI is InChI=1S/C21H31N5O/c1-22-19(26-13-10-21(16-26)8-5-9-21)23-15-17-6-4-7-18(14-17)24-20(27)25-11-2-3-12-25/h4,6-7,14H,2-3,5,8-13,15-16H2,1H3,(H,22,23)(H,24,27). The Bertz CT molecular complexity index is 706. The molecule has 6 nitrogen and oxygen atoms in total. The predicted molar refractivity (Wildman–Crippen MR) is 109 cm³/mol. The molecule has 2 aliphatic heterocycles. The Morgan fingerprint density at radius 2 is 1.93 bits per heavy atom. The summed E-state index contributed by atoms with van der Waals surface area (Å²) in [6.45, 7) is 4.68. The first-order valence-electron chi connectivity index (χ1n) is 10.3. The lowest BCUT2D eigenvalue weighted by atomic mass is 9.68. The van der Waals surface area contributed by atoms with Crippen LogP contribution in [0.1, 0.15) is 44.1 Å². The molecule has 2 heterocycles. The molecule has 0 unspecified atom stereocenters. The first-order valence-corrected chi connectivity index (χ1v) is 10.3. The summed E-state index contributed by atoms with van der Waals surface area (Å²) in [6, 6.07) is 8.09. The fourth-order valence-electron chi connectivity index (χ4n) is 4.60. The van der Waals surface area contributed by atoms with Gasteiger partial charge in [-0.3, -0.25) is 4.99 Å². The zero-order chi connectivity index (χ0) is 18.7. The van der Waals surface area contributed by atoms with Crippen molar-refractivity contribution in [3.05, 3.63) is 29.8 Å². The Labute approximate surface area is 162 Å². The van der Waals surface area contributed by atoms with E-state index in [2.05, 4.69) is 26.6 Å². The lowest BCUT2D eigenvalue weighted by molar-refractivity contribution is 0.151.